The summed E-state index contributed by atoms with van der Waals surface area (Å²) in [6.07, 6.45) is 2.21. The Morgan fingerprint density at radius 1 is 1.39 bits per heavy atom. The third kappa shape index (κ3) is 4.62. The van der Waals surface area contributed by atoms with Crippen molar-refractivity contribution in [2.75, 3.05) is 44.2 Å². The topological polar surface area (TPSA) is 88.8 Å². The summed E-state index contributed by atoms with van der Waals surface area (Å²) in [4.78, 5) is 30.4. The van der Waals surface area contributed by atoms with Gasteiger partial charge in [-0.2, -0.15) is 0 Å². The molecule has 0 saturated carbocycles. The lowest BCUT2D eigenvalue weighted by atomic mass is 10.2. The molecule has 1 aliphatic heterocycles. The lowest BCUT2D eigenvalue weighted by molar-refractivity contribution is -0.385. The molecule has 0 aliphatic carbocycles. The molecule has 2 rings (SSSR count). The Hall–Kier alpha value is -2.22. The molecule has 8 heteroatoms. The average Bonchev–Trinajstić information content (AvgIpc) is 2.72. The van der Waals surface area contributed by atoms with Crippen molar-refractivity contribution in [3.05, 3.63) is 27.9 Å². The molecule has 1 aliphatic rings. The van der Waals surface area contributed by atoms with E-state index in [-0.39, 0.29) is 11.7 Å². The smallest absolute Gasteiger partial charge is 0.320 e. The van der Waals surface area contributed by atoms with Crippen LogP contribution in [0.2, 0.25) is 0 Å². The van der Waals surface area contributed by atoms with Crippen molar-refractivity contribution in [2.45, 2.75) is 20.3 Å². The second-order valence-electron chi connectivity index (χ2n) is 5.51. The number of carbonyl (C=O) groups excluding carboxylic acids is 1. The van der Waals surface area contributed by atoms with Crippen LogP contribution in [0.3, 0.4) is 0 Å². The molecule has 2 heterocycles. The largest absolute Gasteiger partial charge is 0.465 e. The molecule has 0 N–H and O–H groups in total. The van der Waals surface area contributed by atoms with Gasteiger partial charge in [-0.05, 0) is 26.3 Å². The molecule has 1 aromatic rings. The first-order chi connectivity index (χ1) is 11.0. The third-order valence-corrected chi connectivity index (χ3v) is 3.84. The van der Waals surface area contributed by atoms with Crippen molar-refractivity contribution in [1.29, 1.82) is 0 Å². The minimum absolute atomic E-state index is 0.0347. The molecular weight excluding hydrogens is 300 g/mol. The van der Waals surface area contributed by atoms with Crippen LogP contribution in [0.15, 0.2) is 12.3 Å². The third-order valence-electron chi connectivity index (χ3n) is 3.84. The first kappa shape index (κ1) is 17.1. The molecule has 0 amide bonds. The van der Waals surface area contributed by atoms with Crippen LogP contribution in [-0.4, -0.2) is 60.1 Å². The monoisotopic (exact) mass is 322 g/mol. The fourth-order valence-electron chi connectivity index (χ4n) is 2.65. The summed E-state index contributed by atoms with van der Waals surface area (Å²) in [5.74, 6) is 0.538. The zero-order valence-electron chi connectivity index (χ0n) is 13.5. The summed E-state index contributed by atoms with van der Waals surface area (Å²) in [6, 6.07) is 1.75. The number of rotatable bonds is 5. The van der Waals surface area contributed by atoms with Gasteiger partial charge in [0.1, 0.15) is 12.0 Å². The van der Waals surface area contributed by atoms with Gasteiger partial charge in [0, 0.05) is 31.7 Å². The summed E-state index contributed by atoms with van der Waals surface area (Å²) in [5, 5.41) is 10.9. The molecule has 0 spiro atoms. The van der Waals surface area contributed by atoms with Crippen LogP contribution in [0.25, 0.3) is 0 Å². The average molecular weight is 322 g/mol. The summed E-state index contributed by atoms with van der Waals surface area (Å²) in [7, 11) is 0. The molecule has 0 bridgehead atoms. The SMILES string of the molecule is CCOC(=O)CN1CCCN(c2cc(C)c([N+](=O)[O-])cn2)CC1. The van der Waals surface area contributed by atoms with Gasteiger partial charge in [-0.25, -0.2) is 4.98 Å². The minimum atomic E-state index is -0.421. The van der Waals surface area contributed by atoms with E-state index in [1.807, 2.05) is 0 Å². The highest BCUT2D eigenvalue weighted by Crippen LogP contribution is 2.22. The zero-order chi connectivity index (χ0) is 16.8. The lowest BCUT2D eigenvalue weighted by Crippen LogP contribution is -2.35. The van der Waals surface area contributed by atoms with E-state index in [1.54, 1.807) is 19.9 Å². The van der Waals surface area contributed by atoms with Crippen molar-refractivity contribution >= 4 is 17.5 Å². The van der Waals surface area contributed by atoms with E-state index < -0.39 is 4.92 Å². The van der Waals surface area contributed by atoms with Crippen LogP contribution in [-0.2, 0) is 9.53 Å². The Kier molecular flexibility index (Phi) is 5.86. The molecule has 1 aromatic heterocycles. The van der Waals surface area contributed by atoms with Crippen LogP contribution >= 0.6 is 0 Å². The van der Waals surface area contributed by atoms with Gasteiger partial charge < -0.3 is 9.64 Å². The Morgan fingerprint density at radius 2 is 2.17 bits per heavy atom. The second-order valence-corrected chi connectivity index (χ2v) is 5.51. The van der Waals surface area contributed by atoms with Crippen LogP contribution in [0.4, 0.5) is 11.5 Å². The standard InChI is InChI=1S/C15H22N4O4/c1-3-23-15(20)11-17-5-4-6-18(8-7-17)14-9-12(2)13(10-16-14)19(21)22/h9-10H,3-8,11H2,1-2H3. The molecule has 1 saturated heterocycles. The van der Waals surface area contributed by atoms with Gasteiger partial charge >= 0.3 is 5.97 Å². The maximum absolute atomic E-state index is 11.6. The summed E-state index contributed by atoms with van der Waals surface area (Å²) in [6.45, 7) is 7.29. The van der Waals surface area contributed by atoms with Gasteiger partial charge in [-0.15, -0.1) is 0 Å². The molecule has 1 fully saturated rings. The Bertz CT molecular complexity index is 579. The van der Waals surface area contributed by atoms with Crippen molar-refractivity contribution in [2.24, 2.45) is 0 Å². The second kappa shape index (κ2) is 7.87. The first-order valence-corrected chi connectivity index (χ1v) is 7.75. The van der Waals surface area contributed by atoms with Gasteiger partial charge in [0.15, 0.2) is 0 Å². The van der Waals surface area contributed by atoms with Crippen LogP contribution in [0.1, 0.15) is 18.9 Å². The van der Waals surface area contributed by atoms with Crippen molar-refractivity contribution in [3.8, 4) is 0 Å². The zero-order valence-corrected chi connectivity index (χ0v) is 13.5. The number of nitrogens with zero attached hydrogens (tertiary/aromatic N) is 4. The van der Waals surface area contributed by atoms with Gasteiger partial charge in [-0.3, -0.25) is 19.8 Å². The number of pyridine rings is 1. The predicted molar refractivity (Wildman–Crippen MR) is 85.5 cm³/mol. The van der Waals surface area contributed by atoms with Crippen LogP contribution < -0.4 is 4.90 Å². The van der Waals surface area contributed by atoms with Gasteiger partial charge in [0.05, 0.1) is 18.1 Å². The summed E-state index contributed by atoms with van der Waals surface area (Å²) < 4.78 is 4.98. The van der Waals surface area contributed by atoms with E-state index in [0.717, 1.165) is 38.4 Å². The number of anilines is 1. The van der Waals surface area contributed by atoms with Crippen molar-refractivity contribution < 1.29 is 14.5 Å². The van der Waals surface area contributed by atoms with Gasteiger partial charge in [0.25, 0.3) is 5.69 Å². The number of aryl methyl sites for hydroxylation is 1. The van der Waals surface area contributed by atoms with E-state index in [0.29, 0.717) is 18.7 Å². The number of hydrogen-bond donors (Lipinski definition) is 0. The number of nitro groups is 1. The van der Waals surface area contributed by atoms with E-state index >= 15 is 0 Å². The van der Waals surface area contributed by atoms with Crippen LogP contribution in [0, 0.1) is 17.0 Å². The molecule has 126 valence electrons. The number of hydrogen-bond acceptors (Lipinski definition) is 7. The van der Waals surface area contributed by atoms with E-state index in [1.165, 1.54) is 6.20 Å². The fourth-order valence-corrected chi connectivity index (χ4v) is 2.65. The lowest BCUT2D eigenvalue weighted by Gasteiger charge is -2.22. The summed E-state index contributed by atoms with van der Waals surface area (Å²) >= 11 is 0. The molecule has 0 radical (unpaired) electrons. The fraction of sp³-hybridized carbons (Fsp3) is 0.600. The number of aromatic nitrogens is 1. The highest BCUT2D eigenvalue weighted by atomic mass is 16.6. The Labute approximate surface area is 135 Å². The van der Waals surface area contributed by atoms with E-state index in [9.17, 15) is 14.9 Å². The Balaban J connectivity index is 1.99. The maximum Gasteiger partial charge on any atom is 0.320 e. The normalized spacial score (nSPS) is 16.0. The Morgan fingerprint density at radius 3 is 2.83 bits per heavy atom. The molecule has 8 nitrogen and oxygen atoms in total. The molecular formula is C15H22N4O4. The quantitative estimate of drug-likeness (QED) is 0.459. The van der Waals surface area contributed by atoms with Gasteiger partial charge in [-0.1, -0.05) is 0 Å². The van der Waals surface area contributed by atoms with E-state index in [2.05, 4.69) is 14.8 Å². The highest BCUT2D eigenvalue weighted by molar-refractivity contribution is 5.71. The van der Waals surface area contributed by atoms with E-state index in [4.69, 9.17) is 4.74 Å². The van der Waals surface area contributed by atoms with Crippen molar-refractivity contribution in [1.82, 2.24) is 9.88 Å². The van der Waals surface area contributed by atoms with Crippen LogP contribution in [0.5, 0.6) is 0 Å². The molecule has 23 heavy (non-hydrogen) atoms. The predicted octanol–water partition coefficient (Wildman–Crippen LogP) is 1.37. The molecule has 0 atom stereocenters. The number of carbonyl (C=O) groups is 1. The van der Waals surface area contributed by atoms with Crippen molar-refractivity contribution in [3.63, 3.8) is 0 Å². The molecule has 0 unspecified atom stereocenters. The maximum atomic E-state index is 11.6. The summed E-state index contributed by atoms with van der Waals surface area (Å²) in [5.41, 5.74) is 0.639. The first-order valence-electron chi connectivity index (χ1n) is 7.75. The number of esters is 1. The van der Waals surface area contributed by atoms with Gasteiger partial charge in [0.2, 0.25) is 0 Å². The highest BCUT2D eigenvalue weighted by Gasteiger charge is 2.20. The molecule has 0 aromatic carbocycles. The number of ether oxygens (including phenoxy) is 1. The minimum Gasteiger partial charge on any atom is -0.465 e.